The fourth-order valence-corrected chi connectivity index (χ4v) is 1.11. The van der Waals surface area contributed by atoms with E-state index in [1.165, 1.54) is 0 Å². The second-order valence-corrected chi connectivity index (χ2v) is 2.84. The molecule has 7 nitrogen and oxygen atoms in total. The lowest BCUT2D eigenvalue weighted by atomic mass is 10.4. The maximum Gasteiger partial charge on any atom is 0.242 e. The maximum absolute atomic E-state index is 4.10. The average molecular weight is 193 g/mol. The fraction of sp³-hybridized carbons (Fsp3) is 0.429. The van der Waals surface area contributed by atoms with Crippen molar-refractivity contribution in [2.45, 2.75) is 6.42 Å². The van der Waals surface area contributed by atoms with Crippen molar-refractivity contribution >= 4 is 5.95 Å². The van der Waals surface area contributed by atoms with Gasteiger partial charge < -0.3 is 10.3 Å². The minimum Gasteiger partial charge on any atom is -0.353 e. The molecule has 0 saturated heterocycles. The first-order valence-electron chi connectivity index (χ1n) is 4.31. The largest absolute Gasteiger partial charge is 0.353 e. The number of imidazole rings is 1. The minimum absolute atomic E-state index is 0.663. The Morgan fingerprint density at radius 3 is 3.14 bits per heavy atom. The molecule has 7 heteroatoms. The first kappa shape index (κ1) is 8.67. The molecule has 0 saturated carbocycles. The van der Waals surface area contributed by atoms with E-state index >= 15 is 0 Å². The zero-order valence-corrected chi connectivity index (χ0v) is 7.80. The highest BCUT2D eigenvalue weighted by molar-refractivity contribution is 5.20. The fourth-order valence-electron chi connectivity index (χ4n) is 1.11. The van der Waals surface area contributed by atoms with Gasteiger partial charge in [0.25, 0.3) is 0 Å². The molecule has 0 aromatic carbocycles. The summed E-state index contributed by atoms with van der Waals surface area (Å²) in [7, 11) is 1.79. The molecule has 0 aliphatic rings. The third kappa shape index (κ3) is 1.87. The summed E-state index contributed by atoms with van der Waals surface area (Å²) < 4.78 is 1.59. The van der Waals surface area contributed by atoms with Crippen molar-refractivity contribution in [3.63, 3.8) is 0 Å². The number of tetrazole rings is 1. The Morgan fingerprint density at radius 1 is 1.57 bits per heavy atom. The number of aromatic amines is 1. The molecule has 0 atom stereocenters. The van der Waals surface area contributed by atoms with E-state index in [0.29, 0.717) is 5.95 Å². The molecular formula is C7H11N7. The van der Waals surface area contributed by atoms with Crippen LogP contribution in [0.25, 0.3) is 0 Å². The highest BCUT2D eigenvalue weighted by Gasteiger charge is 2.00. The number of rotatable bonds is 4. The highest BCUT2D eigenvalue weighted by Crippen LogP contribution is 1.96. The molecule has 2 N–H and O–H groups in total. The standard InChI is InChI=1S/C7H11N7/c1-14-7(11-12-13-14)10-3-2-6-8-4-5-9-6/h4-5H,2-3H2,1H3,(H,8,9)(H,10,11,13). The molecule has 0 spiro atoms. The first-order chi connectivity index (χ1) is 6.86. The summed E-state index contributed by atoms with van der Waals surface area (Å²) >= 11 is 0. The van der Waals surface area contributed by atoms with Crippen LogP contribution in [0.4, 0.5) is 5.95 Å². The van der Waals surface area contributed by atoms with Gasteiger partial charge in [0, 0.05) is 32.4 Å². The van der Waals surface area contributed by atoms with E-state index in [9.17, 15) is 0 Å². The zero-order chi connectivity index (χ0) is 9.80. The van der Waals surface area contributed by atoms with Gasteiger partial charge in [-0.05, 0) is 10.4 Å². The van der Waals surface area contributed by atoms with Crippen molar-refractivity contribution in [2.75, 3.05) is 11.9 Å². The number of aryl methyl sites for hydroxylation is 1. The molecule has 74 valence electrons. The van der Waals surface area contributed by atoms with Crippen LogP contribution in [0.2, 0.25) is 0 Å². The Balaban J connectivity index is 1.81. The van der Waals surface area contributed by atoms with Gasteiger partial charge in [-0.1, -0.05) is 5.10 Å². The van der Waals surface area contributed by atoms with E-state index in [2.05, 4.69) is 30.8 Å². The van der Waals surface area contributed by atoms with Crippen molar-refractivity contribution in [1.82, 2.24) is 30.2 Å². The van der Waals surface area contributed by atoms with Gasteiger partial charge in [-0.3, -0.25) is 0 Å². The maximum atomic E-state index is 4.10. The number of H-pyrrole nitrogens is 1. The van der Waals surface area contributed by atoms with Gasteiger partial charge in [-0.15, -0.1) is 0 Å². The van der Waals surface area contributed by atoms with Crippen LogP contribution in [0, 0.1) is 0 Å². The smallest absolute Gasteiger partial charge is 0.242 e. The lowest BCUT2D eigenvalue weighted by Crippen LogP contribution is -2.10. The normalized spacial score (nSPS) is 10.4. The summed E-state index contributed by atoms with van der Waals surface area (Å²) in [6.07, 6.45) is 4.36. The molecule has 2 rings (SSSR count). The van der Waals surface area contributed by atoms with Crippen LogP contribution in [0.1, 0.15) is 5.82 Å². The molecule has 0 unspecified atom stereocenters. The van der Waals surface area contributed by atoms with Crippen LogP contribution in [0.3, 0.4) is 0 Å². The quantitative estimate of drug-likeness (QED) is 0.689. The van der Waals surface area contributed by atoms with Crippen molar-refractivity contribution in [1.29, 1.82) is 0 Å². The van der Waals surface area contributed by atoms with E-state index < -0.39 is 0 Å². The zero-order valence-electron chi connectivity index (χ0n) is 7.80. The Morgan fingerprint density at radius 2 is 2.50 bits per heavy atom. The Bertz CT molecular complexity index is 376. The van der Waals surface area contributed by atoms with Crippen LogP contribution in [-0.2, 0) is 13.5 Å². The van der Waals surface area contributed by atoms with Gasteiger partial charge in [0.15, 0.2) is 0 Å². The molecular weight excluding hydrogens is 182 g/mol. The second-order valence-electron chi connectivity index (χ2n) is 2.84. The van der Waals surface area contributed by atoms with E-state index in [1.54, 1.807) is 24.1 Å². The van der Waals surface area contributed by atoms with E-state index in [0.717, 1.165) is 18.8 Å². The molecule has 2 aromatic heterocycles. The van der Waals surface area contributed by atoms with E-state index in [1.807, 2.05) is 0 Å². The number of hydrogen-bond acceptors (Lipinski definition) is 5. The molecule has 2 aromatic rings. The van der Waals surface area contributed by atoms with Gasteiger partial charge in [0.1, 0.15) is 5.82 Å². The number of nitrogens with zero attached hydrogens (tertiary/aromatic N) is 5. The van der Waals surface area contributed by atoms with E-state index in [4.69, 9.17) is 0 Å². The monoisotopic (exact) mass is 193 g/mol. The third-order valence-electron chi connectivity index (χ3n) is 1.82. The molecule has 0 aliphatic carbocycles. The number of anilines is 1. The summed E-state index contributed by atoms with van der Waals surface area (Å²) in [5.41, 5.74) is 0. The minimum atomic E-state index is 0.663. The summed E-state index contributed by atoms with van der Waals surface area (Å²) in [6.45, 7) is 0.752. The van der Waals surface area contributed by atoms with Gasteiger partial charge >= 0.3 is 0 Å². The first-order valence-corrected chi connectivity index (χ1v) is 4.31. The van der Waals surface area contributed by atoms with E-state index in [-0.39, 0.29) is 0 Å². The van der Waals surface area contributed by atoms with Gasteiger partial charge in [0.05, 0.1) is 0 Å². The highest BCUT2D eigenvalue weighted by atomic mass is 15.6. The molecule has 0 amide bonds. The van der Waals surface area contributed by atoms with Crippen LogP contribution in [0.15, 0.2) is 12.4 Å². The van der Waals surface area contributed by atoms with Crippen LogP contribution in [0.5, 0.6) is 0 Å². The topological polar surface area (TPSA) is 84.3 Å². The lowest BCUT2D eigenvalue weighted by molar-refractivity contribution is 0.711. The second kappa shape index (κ2) is 3.86. The molecule has 2 heterocycles. The number of nitrogens with one attached hydrogen (secondary N) is 2. The van der Waals surface area contributed by atoms with Gasteiger partial charge in [0.2, 0.25) is 5.95 Å². The van der Waals surface area contributed by atoms with Crippen LogP contribution < -0.4 is 5.32 Å². The Hall–Kier alpha value is -1.92. The van der Waals surface area contributed by atoms with Gasteiger partial charge in [-0.2, -0.15) is 0 Å². The molecule has 14 heavy (non-hydrogen) atoms. The summed E-state index contributed by atoms with van der Waals surface area (Å²) in [5, 5.41) is 14.1. The Labute approximate surface area is 80.5 Å². The third-order valence-corrected chi connectivity index (χ3v) is 1.82. The molecule has 0 fully saturated rings. The number of hydrogen-bond donors (Lipinski definition) is 2. The number of aromatic nitrogens is 6. The van der Waals surface area contributed by atoms with Crippen LogP contribution in [-0.4, -0.2) is 36.7 Å². The van der Waals surface area contributed by atoms with Crippen LogP contribution >= 0.6 is 0 Å². The van der Waals surface area contributed by atoms with Crippen molar-refractivity contribution in [3.8, 4) is 0 Å². The van der Waals surface area contributed by atoms with Crippen molar-refractivity contribution in [2.24, 2.45) is 7.05 Å². The predicted octanol–water partition coefficient (Wildman–Crippen LogP) is -0.412. The van der Waals surface area contributed by atoms with Crippen molar-refractivity contribution in [3.05, 3.63) is 18.2 Å². The average Bonchev–Trinajstić information content (AvgIpc) is 2.78. The lowest BCUT2D eigenvalue weighted by Gasteiger charge is -2.01. The SMILES string of the molecule is Cn1nnnc1NCCc1ncc[nH]1. The summed E-state index contributed by atoms with van der Waals surface area (Å²) in [6, 6.07) is 0. The summed E-state index contributed by atoms with van der Waals surface area (Å²) in [4.78, 5) is 7.13. The molecule has 0 aliphatic heterocycles. The Kier molecular flexibility index (Phi) is 2.39. The van der Waals surface area contributed by atoms with Gasteiger partial charge in [-0.25, -0.2) is 9.67 Å². The van der Waals surface area contributed by atoms with Crippen molar-refractivity contribution < 1.29 is 0 Å². The summed E-state index contributed by atoms with van der Waals surface area (Å²) in [5.74, 6) is 1.61. The molecule has 0 bridgehead atoms. The predicted molar refractivity (Wildman–Crippen MR) is 49.6 cm³/mol. The molecule has 0 radical (unpaired) electrons.